The van der Waals surface area contributed by atoms with Crippen LogP contribution in [0.4, 0.5) is 5.82 Å². The SMILES string of the molecule is CCCCNc1ccnc(=S)[nH]1. The van der Waals surface area contributed by atoms with Crippen molar-refractivity contribution >= 4 is 18.0 Å². The molecule has 0 spiro atoms. The highest BCUT2D eigenvalue weighted by Gasteiger charge is 1.88. The second-order valence-electron chi connectivity index (χ2n) is 2.57. The van der Waals surface area contributed by atoms with Gasteiger partial charge in [0.05, 0.1) is 0 Å². The second-order valence-corrected chi connectivity index (χ2v) is 2.96. The molecule has 0 atom stereocenters. The summed E-state index contributed by atoms with van der Waals surface area (Å²) >= 11 is 4.87. The van der Waals surface area contributed by atoms with Crippen LogP contribution in [0, 0.1) is 4.77 Å². The number of hydrogen-bond acceptors (Lipinski definition) is 3. The van der Waals surface area contributed by atoms with E-state index in [0.29, 0.717) is 4.77 Å². The number of nitrogens with zero attached hydrogens (tertiary/aromatic N) is 1. The first-order valence-electron chi connectivity index (χ1n) is 4.12. The van der Waals surface area contributed by atoms with Gasteiger partial charge in [-0.2, -0.15) is 0 Å². The van der Waals surface area contributed by atoms with Crippen molar-refractivity contribution in [2.45, 2.75) is 19.8 Å². The van der Waals surface area contributed by atoms with E-state index >= 15 is 0 Å². The molecule has 0 unspecified atom stereocenters. The van der Waals surface area contributed by atoms with Crippen molar-refractivity contribution in [1.29, 1.82) is 0 Å². The molecule has 2 N–H and O–H groups in total. The summed E-state index contributed by atoms with van der Waals surface area (Å²) in [4.78, 5) is 6.85. The molecule has 0 saturated carbocycles. The zero-order chi connectivity index (χ0) is 8.81. The van der Waals surface area contributed by atoms with E-state index in [4.69, 9.17) is 12.2 Å². The molecule has 1 heterocycles. The Morgan fingerprint density at radius 2 is 2.50 bits per heavy atom. The van der Waals surface area contributed by atoms with Crippen molar-refractivity contribution in [3.8, 4) is 0 Å². The Morgan fingerprint density at radius 3 is 3.17 bits per heavy atom. The molecule has 0 bridgehead atoms. The average Bonchev–Trinajstić information content (AvgIpc) is 2.05. The topological polar surface area (TPSA) is 40.7 Å². The lowest BCUT2D eigenvalue weighted by molar-refractivity contribution is 0.830. The third-order valence-corrected chi connectivity index (χ3v) is 1.73. The Kier molecular flexibility index (Phi) is 3.73. The van der Waals surface area contributed by atoms with Crippen LogP contribution in [-0.2, 0) is 0 Å². The summed E-state index contributed by atoms with van der Waals surface area (Å²) in [5, 5.41) is 3.22. The molecule has 0 amide bonds. The smallest absolute Gasteiger partial charge is 0.198 e. The fourth-order valence-corrected chi connectivity index (χ4v) is 1.04. The third kappa shape index (κ3) is 3.00. The summed E-state index contributed by atoms with van der Waals surface area (Å²) in [6, 6.07) is 1.88. The van der Waals surface area contributed by atoms with E-state index in [-0.39, 0.29) is 0 Å². The predicted molar refractivity (Wildman–Crippen MR) is 52.8 cm³/mol. The van der Waals surface area contributed by atoms with Gasteiger partial charge in [-0.25, -0.2) is 4.98 Å². The summed E-state index contributed by atoms with van der Waals surface area (Å²) in [5.41, 5.74) is 0. The highest BCUT2D eigenvalue weighted by Crippen LogP contribution is 1.99. The van der Waals surface area contributed by atoms with Crippen molar-refractivity contribution in [1.82, 2.24) is 9.97 Å². The van der Waals surface area contributed by atoms with Gasteiger partial charge in [-0.1, -0.05) is 13.3 Å². The summed E-state index contributed by atoms with van der Waals surface area (Å²) in [5.74, 6) is 0.948. The van der Waals surface area contributed by atoms with E-state index in [0.717, 1.165) is 12.4 Å². The summed E-state index contributed by atoms with van der Waals surface area (Å²) in [7, 11) is 0. The van der Waals surface area contributed by atoms with Crippen molar-refractivity contribution < 1.29 is 0 Å². The number of anilines is 1. The van der Waals surface area contributed by atoms with Gasteiger partial charge in [-0.15, -0.1) is 0 Å². The number of H-pyrrole nitrogens is 1. The van der Waals surface area contributed by atoms with Gasteiger partial charge < -0.3 is 10.3 Å². The molecular weight excluding hydrogens is 170 g/mol. The van der Waals surface area contributed by atoms with E-state index in [1.807, 2.05) is 6.07 Å². The van der Waals surface area contributed by atoms with Gasteiger partial charge in [0.25, 0.3) is 0 Å². The van der Waals surface area contributed by atoms with E-state index in [9.17, 15) is 0 Å². The van der Waals surface area contributed by atoms with Crippen LogP contribution in [-0.4, -0.2) is 16.5 Å². The monoisotopic (exact) mass is 183 g/mol. The average molecular weight is 183 g/mol. The molecule has 12 heavy (non-hydrogen) atoms. The fraction of sp³-hybridized carbons (Fsp3) is 0.500. The van der Waals surface area contributed by atoms with Crippen molar-refractivity contribution in [2.75, 3.05) is 11.9 Å². The maximum atomic E-state index is 4.87. The molecule has 0 aliphatic rings. The minimum absolute atomic E-state index is 0.525. The van der Waals surface area contributed by atoms with Crippen molar-refractivity contribution in [3.63, 3.8) is 0 Å². The highest BCUT2D eigenvalue weighted by atomic mass is 32.1. The lowest BCUT2D eigenvalue weighted by atomic mass is 10.3. The van der Waals surface area contributed by atoms with Gasteiger partial charge in [0.15, 0.2) is 4.77 Å². The molecule has 1 aromatic heterocycles. The van der Waals surface area contributed by atoms with E-state index < -0.39 is 0 Å². The lowest BCUT2D eigenvalue weighted by Crippen LogP contribution is -2.02. The number of nitrogens with one attached hydrogen (secondary N) is 2. The molecule has 66 valence electrons. The summed E-state index contributed by atoms with van der Waals surface area (Å²) in [6.45, 7) is 3.14. The zero-order valence-electron chi connectivity index (χ0n) is 7.13. The number of hydrogen-bond donors (Lipinski definition) is 2. The normalized spacial score (nSPS) is 9.75. The molecule has 4 heteroatoms. The van der Waals surface area contributed by atoms with Crippen LogP contribution in [0.25, 0.3) is 0 Å². The number of aromatic nitrogens is 2. The maximum absolute atomic E-state index is 4.87. The van der Waals surface area contributed by atoms with E-state index in [1.54, 1.807) is 6.20 Å². The number of rotatable bonds is 4. The van der Waals surface area contributed by atoms with Crippen LogP contribution in [0.1, 0.15) is 19.8 Å². The predicted octanol–water partition coefficient (Wildman–Crippen LogP) is 2.35. The van der Waals surface area contributed by atoms with Gasteiger partial charge in [0.1, 0.15) is 5.82 Å². The van der Waals surface area contributed by atoms with Crippen LogP contribution >= 0.6 is 12.2 Å². The van der Waals surface area contributed by atoms with Gasteiger partial charge in [0.2, 0.25) is 0 Å². The maximum Gasteiger partial charge on any atom is 0.198 e. The zero-order valence-corrected chi connectivity index (χ0v) is 7.95. The van der Waals surface area contributed by atoms with Gasteiger partial charge in [0, 0.05) is 12.7 Å². The third-order valence-electron chi connectivity index (χ3n) is 1.52. The molecular formula is C8H13N3S. The second kappa shape index (κ2) is 4.87. The Labute approximate surface area is 77.2 Å². The minimum atomic E-state index is 0.525. The quantitative estimate of drug-likeness (QED) is 0.556. The van der Waals surface area contributed by atoms with Crippen LogP contribution in [0.15, 0.2) is 12.3 Å². The van der Waals surface area contributed by atoms with Crippen LogP contribution in [0.5, 0.6) is 0 Å². The van der Waals surface area contributed by atoms with Gasteiger partial charge in [-0.05, 0) is 24.7 Å². The molecule has 1 rings (SSSR count). The highest BCUT2D eigenvalue weighted by molar-refractivity contribution is 7.71. The molecule has 0 aromatic carbocycles. The van der Waals surface area contributed by atoms with E-state index in [1.165, 1.54) is 12.8 Å². The molecule has 0 fully saturated rings. The summed E-state index contributed by atoms with van der Waals surface area (Å²) < 4.78 is 0.525. The standard InChI is InChI=1S/C8H13N3S/c1-2-3-5-9-7-4-6-10-8(12)11-7/h4,6H,2-3,5H2,1H3,(H2,9,10,11,12). The molecule has 0 radical (unpaired) electrons. The Morgan fingerprint density at radius 1 is 1.67 bits per heavy atom. The number of unbranched alkanes of at least 4 members (excludes halogenated alkanes) is 1. The summed E-state index contributed by atoms with van der Waals surface area (Å²) in [6.07, 6.45) is 4.06. The first-order valence-corrected chi connectivity index (χ1v) is 4.53. The largest absolute Gasteiger partial charge is 0.372 e. The Balaban J connectivity index is 2.47. The first kappa shape index (κ1) is 9.19. The van der Waals surface area contributed by atoms with Crippen LogP contribution in [0.2, 0.25) is 0 Å². The first-order chi connectivity index (χ1) is 5.83. The van der Waals surface area contributed by atoms with Crippen molar-refractivity contribution in [3.05, 3.63) is 17.0 Å². The van der Waals surface area contributed by atoms with Gasteiger partial charge in [-0.3, -0.25) is 0 Å². The number of aromatic amines is 1. The Hall–Kier alpha value is -0.900. The van der Waals surface area contributed by atoms with Crippen molar-refractivity contribution in [2.24, 2.45) is 0 Å². The lowest BCUT2D eigenvalue weighted by Gasteiger charge is -2.03. The molecule has 3 nitrogen and oxygen atoms in total. The fourth-order valence-electron chi connectivity index (χ4n) is 0.872. The molecule has 1 aromatic rings. The van der Waals surface area contributed by atoms with E-state index in [2.05, 4.69) is 22.2 Å². The molecule has 0 aliphatic heterocycles. The Bertz CT molecular complexity index is 282. The van der Waals surface area contributed by atoms with Crippen LogP contribution < -0.4 is 5.32 Å². The molecule has 0 saturated heterocycles. The molecule has 0 aliphatic carbocycles. The minimum Gasteiger partial charge on any atom is -0.372 e. The van der Waals surface area contributed by atoms with Crippen LogP contribution in [0.3, 0.4) is 0 Å². The van der Waals surface area contributed by atoms with Gasteiger partial charge >= 0.3 is 0 Å².